The standard InChI is InChI=1S/C14H21ClN2O2S/c15-12-5-9-20-13(12)14(19)16-6-3-8-17-7-2-1-4-11(17)10-18/h5,9,11,18H,1-4,6-8,10H2,(H,16,19)/t11-/m1/s1. The smallest absolute Gasteiger partial charge is 0.262 e. The number of hydrogen-bond donors (Lipinski definition) is 2. The van der Waals surface area contributed by atoms with E-state index in [4.69, 9.17) is 11.6 Å². The Kier molecular flexibility index (Phi) is 6.29. The van der Waals surface area contributed by atoms with Gasteiger partial charge in [-0.05, 0) is 37.3 Å². The van der Waals surface area contributed by atoms with Gasteiger partial charge in [-0.3, -0.25) is 9.69 Å². The first-order chi connectivity index (χ1) is 9.72. The molecule has 2 rings (SSSR count). The van der Waals surface area contributed by atoms with Gasteiger partial charge in [-0.1, -0.05) is 18.0 Å². The number of nitrogens with zero attached hydrogens (tertiary/aromatic N) is 1. The highest BCUT2D eigenvalue weighted by Gasteiger charge is 2.20. The van der Waals surface area contributed by atoms with Crippen molar-refractivity contribution in [3.63, 3.8) is 0 Å². The number of rotatable bonds is 6. The first kappa shape index (κ1) is 15.8. The molecule has 0 spiro atoms. The number of carbonyl (C=O) groups excluding carboxylic acids is 1. The number of carbonyl (C=O) groups is 1. The Morgan fingerprint density at radius 3 is 3.10 bits per heavy atom. The second kappa shape index (κ2) is 7.98. The molecule has 1 aromatic heterocycles. The van der Waals surface area contributed by atoms with Crippen LogP contribution in [0.1, 0.15) is 35.4 Å². The molecule has 1 aliphatic heterocycles. The monoisotopic (exact) mass is 316 g/mol. The molecule has 2 N–H and O–H groups in total. The number of piperidine rings is 1. The Balaban J connectivity index is 1.68. The molecule has 112 valence electrons. The molecular weight excluding hydrogens is 296 g/mol. The molecular formula is C14H21ClN2O2S. The SMILES string of the molecule is O=C(NCCCN1CCCC[C@@H]1CO)c1sccc1Cl. The quantitative estimate of drug-likeness (QED) is 0.792. The summed E-state index contributed by atoms with van der Waals surface area (Å²) in [4.78, 5) is 14.8. The zero-order valence-corrected chi connectivity index (χ0v) is 13.1. The number of likely N-dealkylation sites (tertiary alicyclic amines) is 1. The van der Waals surface area contributed by atoms with Crippen molar-refractivity contribution in [2.45, 2.75) is 31.7 Å². The van der Waals surface area contributed by atoms with Crippen LogP contribution in [-0.2, 0) is 0 Å². The van der Waals surface area contributed by atoms with Crippen molar-refractivity contribution in [3.05, 3.63) is 21.3 Å². The van der Waals surface area contributed by atoms with Crippen LogP contribution in [0.15, 0.2) is 11.4 Å². The van der Waals surface area contributed by atoms with Crippen LogP contribution in [0.2, 0.25) is 5.02 Å². The predicted octanol–water partition coefficient (Wildman–Crippen LogP) is 2.37. The van der Waals surface area contributed by atoms with E-state index in [1.807, 2.05) is 5.38 Å². The third-order valence-electron chi connectivity index (χ3n) is 3.69. The molecule has 0 aromatic carbocycles. The van der Waals surface area contributed by atoms with E-state index in [1.54, 1.807) is 6.07 Å². The van der Waals surface area contributed by atoms with Crippen molar-refractivity contribution in [1.29, 1.82) is 0 Å². The van der Waals surface area contributed by atoms with Crippen molar-refractivity contribution < 1.29 is 9.90 Å². The van der Waals surface area contributed by atoms with Gasteiger partial charge >= 0.3 is 0 Å². The number of aliphatic hydroxyl groups is 1. The molecule has 0 unspecified atom stereocenters. The molecule has 1 aliphatic rings. The largest absolute Gasteiger partial charge is 0.395 e. The summed E-state index contributed by atoms with van der Waals surface area (Å²) in [5, 5.41) is 14.6. The van der Waals surface area contributed by atoms with Gasteiger partial charge in [0.1, 0.15) is 4.88 Å². The van der Waals surface area contributed by atoms with Crippen molar-refractivity contribution in [2.24, 2.45) is 0 Å². The van der Waals surface area contributed by atoms with Gasteiger partial charge in [0, 0.05) is 19.1 Å². The lowest BCUT2D eigenvalue weighted by Crippen LogP contribution is -2.43. The number of amides is 1. The van der Waals surface area contributed by atoms with Gasteiger partial charge in [0.25, 0.3) is 5.91 Å². The van der Waals surface area contributed by atoms with Crippen molar-refractivity contribution in [3.8, 4) is 0 Å². The highest BCUT2D eigenvalue weighted by Crippen LogP contribution is 2.21. The average molecular weight is 317 g/mol. The molecule has 2 heterocycles. The minimum atomic E-state index is -0.0950. The zero-order chi connectivity index (χ0) is 14.4. The third kappa shape index (κ3) is 4.19. The van der Waals surface area contributed by atoms with E-state index < -0.39 is 0 Å². The zero-order valence-electron chi connectivity index (χ0n) is 11.5. The Hall–Kier alpha value is -0.620. The summed E-state index contributed by atoms with van der Waals surface area (Å²) in [7, 11) is 0. The summed E-state index contributed by atoms with van der Waals surface area (Å²) in [6, 6.07) is 2.03. The van der Waals surface area contributed by atoms with Crippen LogP contribution in [0.5, 0.6) is 0 Å². The van der Waals surface area contributed by atoms with Gasteiger partial charge in [-0.2, -0.15) is 0 Å². The fourth-order valence-electron chi connectivity index (χ4n) is 2.58. The van der Waals surface area contributed by atoms with Gasteiger partial charge in [0.2, 0.25) is 0 Å². The molecule has 1 saturated heterocycles. The average Bonchev–Trinajstić information content (AvgIpc) is 2.90. The normalized spacial score (nSPS) is 20.0. The second-order valence-corrected chi connectivity index (χ2v) is 6.40. The van der Waals surface area contributed by atoms with Gasteiger partial charge in [0.05, 0.1) is 11.6 Å². The van der Waals surface area contributed by atoms with Crippen LogP contribution in [0.3, 0.4) is 0 Å². The van der Waals surface area contributed by atoms with Gasteiger partial charge < -0.3 is 10.4 Å². The van der Waals surface area contributed by atoms with Crippen LogP contribution in [0, 0.1) is 0 Å². The fraction of sp³-hybridized carbons (Fsp3) is 0.643. The lowest BCUT2D eigenvalue weighted by Gasteiger charge is -2.34. The highest BCUT2D eigenvalue weighted by atomic mass is 35.5. The van der Waals surface area contributed by atoms with Crippen molar-refractivity contribution in [1.82, 2.24) is 10.2 Å². The van der Waals surface area contributed by atoms with Gasteiger partial charge in [0.15, 0.2) is 0 Å². The molecule has 0 saturated carbocycles. The third-order valence-corrected chi connectivity index (χ3v) is 5.03. The lowest BCUT2D eigenvalue weighted by atomic mass is 10.0. The molecule has 0 radical (unpaired) electrons. The van der Waals surface area contributed by atoms with E-state index >= 15 is 0 Å². The highest BCUT2D eigenvalue weighted by molar-refractivity contribution is 7.12. The molecule has 0 bridgehead atoms. The van der Waals surface area contributed by atoms with E-state index in [0.29, 0.717) is 22.5 Å². The molecule has 0 aliphatic carbocycles. The summed E-state index contributed by atoms with van der Waals surface area (Å²) in [5.41, 5.74) is 0. The van der Waals surface area contributed by atoms with Crippen molar-refractivity contribution >= 4 is 28.8 Å². The van der Waals surface area contributed by atoms with E-state index in [2.05, 4.69) is 10.2 Å². The number of thiophene rings is 1. The topological polar surface area (TPSA) is 52.6 Å². The van der Waals surface area contributed by atoms with E-state index in [0.717, 1.165) is 25.9 Å². The van der Waals surface area contributed by atoms with Crippen molar-refractivity contribution in [2.75, 3.05) is 26.2 Å². The fourth-order valence-corrected chi connectivity index (χ4v) is 3.64. The molecule has 1 atom stereocenters. The maximum atomic E-state index is 11.9. The second-order valence-electron chi connectivity index (χ2n) is 5.08. The van der Waals surface area contributed by atoms with Crippen LogP contribution in [-0.4, -0.2) is 48.2 Å². The van der Waals surface area contributed by atoms with Gasteiger partial charge in [-0.25, -0.2) is 0 Å². The molecule has 1 amide bonds. The van der Waals surface area contributed by atoms with E-state index in [1.165, 1.54) is 24.2 Å². The summed E-state index contributed by atoms with van der Waals surface area (Å²) >= 11 is 7.28. The molecule has 6 heteroatoms. The Morgan fingerprint density at radius 1 is 1.55 bits per heavy atom. The van der Waals surface area contributed by atoms with E-state index in [9.17, 15) is 9.90 Å². The molecule has 1 aromatic rings. The van der Waals surface area contributed by atoms with Gasteiger partial charge in [-0.15, -0.1) is 11.3 Å². The Labute approximate surface area is 128 Å². The molecule has 1 fully saturated rings. The molecule has 20 heavy (non-hydrogen) atoms. The Morgan fingerprint density at radius 2 is 2.40 bits per heavy atom. The Bertz CT molecular complexity index is 439. The summed E-state index contributed by atoms with van der Waals surface area (Å²) in [6.07, 6.45) is 4.38. The minimum absolute atomic E-state index is 0.0950. The number of aliphatic hydroxyl groups excluding tert-OH is 1. The summed E-state index contributed by atoms with van der Waals surface area (Å²) in [5.74, 6) is -0.0950. The summed E-state index contributed by atoms with van der Waals surface area (Å²) in [6.45, 7) is 2.85. The van der Waals surface area contributed by atoms with Crippen LogP contribution < -0.4 is 5.32 Å². The van der Waals surface area contributed by atoms with Crippen LogP contribution >= 0.6 is 22.9 Å². The minimum Gasteiger partial charge on any atom is -0.395 e. The number of hydrogen-bond acceptors (Lipinski definition) is 4. The van der Waals surface area contributed by atoms with Crippen LogP contribution in [0.25, 0.3) is 0 Å². The van der Waals surface area contributed by atoms with Crippen LogP contribution in [0.4, 0.5) is 0 Å². The van der Waals surface area contributed by atoms with E-state index in [-0.39, 0.29) is 12.5 Å². The summed E-state index contributed by atoms with van der Waals surface area (Å²) < 4.78 is 0. The maximum Gasteiger partial charge on any atom is 0.262 e. The number of halogens is 1. The number of nitrogens with one attached hydrogen (secondary N) is 1. The lowest BCUT2D eigenvalue weighted by molar-refractivity contribution is 0.0869. The first-order valence-electron chi connectivity index (χ1n) is 7.08. The maximum absolute atomic E-state index is 11.9. The predicted molar refractivity (Wildman–Crippen MR) is 82.6 cm³/mol. The first-order valence-corrected chi connectivity index (χ1v) is 8.34. The molecule has 4 nitrogen and oxygen atoms in total.